The average Bonchev–Trinajstić information content (AvgIpc) is 3.17. The number of rotatable bonds is 4. The van der Waals surface area contributed by atoms with E-state index in [0.29, 0.717) is 22.4 Å². The van der Waals surface area contributed by atoms with Gasteiger partial charge in [-0.3, -0.25) is 9.69 Å². The number of furan rings is 1. The highest BCUT2D eigenvalue weighted by Crippen LogP contribution is 2.32. The molecule has 0 atom stereocenters. The third-order valence-electron chi connectivity index (χ3n) is 3.12. The molecule has 0 spiro atoms. The van der Waals surface area contributed by atoms with Crippen molar-refractivity contribution in [3.63, 3.8) is 0 Å². The average molecular weight is 325 g/mol. The fraction of sp³-hybridized carbons (Fsp3) is 0.118. The summed E-state index contributed by atoms with van der Waals surface area (Å²) in [6, 6.07) is 9.18. The number of pyridine rings is 1. The van der Waals surface area contributed by atoms with E-state index in [4.69, 9.17) is 4.42 Å². The van der Waals surface area contributed by atoms with Crippen molar-refractivity contribution in [2.75, 3.05) is 6.54 Å². The van der Waals surface area contributed by atoms with Gasteiger partial charge in [0.1, 0.15) is 5.76 Å². The summed E-state index contributed by atoms with van der Waals surface area (Å²) in [5.74, 6) is 1.29. The number of nitrogens with zero attached hydrogens (tertiary/aromatic N) is 3. The number of aromatic nitrogens is 1. The molecule has 1 aliphatic heterocycles. The van der Waals surface area contributed by atoms with Crippen molar-refractivity contribution in [2.45, 2.75) is 6.92 Å². The number of allylic oxidation sites excluding steroid dienone is 2. The Morgan fingerprint density at radius 1 is 1.35 bits per heavy atom. The molecule has 1 saturated heterocycles. The predicted molar refractivity (Wildman–Crippen MR) is 92.1 cm³/mol. The zero-order valence-corrected chi connectivity index (χ0v) is 13.4. The maximum atomic E-state index is 12.4. The van der Waals surface area contributed by atoms with Gasteiger partial charge >= 0.3 is 0 Å². The van der Waals surface area contributed by atoms with Crippen LogP contribution in [0.2, 0.25) is 0 Å². The van der Waals surface area contributed by atoms with Gasteiger partial charge in [0.15, 0.2) is 11.0 Å². The Balaban J connectivity index is 1.81. The number of hydrogen-bond donors (Lipinski definition) is 0. The minimum absolute atomic E-state index is 0.0451. The predicted octanol–water partition coefficient (Wildman–Crippen LogP) is 3.85. The minimum atomic E-state index is -0.0451. The normalized spacial score (nSPS) is 18.7. The third-order valence-corrected chi connectivity index (χ3v) is 4.14. The van der Waals surface area contributed by atoms with E-state index in [9.17, 15) is 4.79 Å². The first-order chi connectivity index (χ1) is 11.3. The molecule has 2 aromatic rings. The molecule has 0 N–H and O–H groups in total. The lowest BCUT2D eigenvalue weighted by Gasteiger charge is -2.11. The third kappa shape index (κ3) is 3.60. The van der Waals surface area contributed by atoms with Crippen molar-refractivity contribution in [2.24, 2.45) is 4.99 Å². The van der Waals surface area contributed by atoms with E-state index in [1.807, 2.05) is 43.3 Å². The maximum absolute atomic E-state index is 12.4. The summed E-state index contributed by atoms with van der Waals surface area (Å²) in [7, 11) is 0. The first kappa shape index (κ1) is 15.3. The Labute approximate surface area is 138 Å². The molecule has 0 aromatic carbocycles. The maximum Gasteiger partial charge on any atom is 0.266 e. The van der Waals surface area contributed by atoms with E-state index >= 15 is 0 Å². The number of carbonyl (C=O) groups excluding carboxylic acids is 1. The van der Waals surface area contributed by atoms with Crippen LogP contribution in [0.1, 0.15) is 12.7 Å². The van der Waals surface area contributed by atoms with Crippen LogP contribution in [0.4, 0.5) is 5.82 Å². The zero-order chi connectivity index (χ0) is 16.1. The van der Waals surface area contributed by atoms with E-state index in [2.05, 4.69) is 9.98 Å². The summed E-state index contributed by atoms with van der Waals surface area (Å²) in [4.78, 5) is 23.3. The molecule has 116 valence electrons. The number of amidine groups is 1. The fourth-order valence-corrected chi connectivity index (χ4v) is 3.02. The molecule has 0 unspecified atom stereocenters. The Morgan fingerprint density at radius 2 is 2.26 bits per heavy atom. The molecule has 0 radical (unpaired) electrons. The van der Waals surface area contributed by atoms with Crippen LogP contribution in [0.3, 0.4) is 0 Å². The Bertz CT molecular complexity index is 764. The van der Waals surface area contributed by atoms with E-state index in [1.54, 1.807) is 29.5 Å². The van der Waals surface area contributed by atoms with E-state index in [1.165, 1.54) is 11.8 Å². The first-order valence-corrected chi connectivity index (χ1v) is 8.01. The van der Waals surface area contributed by atoms with Crippen LogP contribution < -0.4 is 0 Å². The van der Waals surface area contributed by atoms with Gasteiger partial charge in [-0.15, -0.1) is 0 Å². The number of amides is 1. The smallest absolute Gasteiger partial charge is 0.266 e. The molecule has 1 amide bonds. The monoisotopic (exact) mass is 325 g/mol. The molecule has 5 nitrogen and oxygen atoms in total. The van der Waals surface area contributed by atoms with Crippen molar-refractivity contribution in [3.8, 4) is 0 Å². The topological polar surface area (TPSA) is 58.7 Å². The molecular formula is C17H15N3O2S. The van der Waals surface area contributed by atoms with Crippen LogP contribution in [-0.2, 0) is 4.79 Å². The largest absolute Gasteiger partial charge is 0.465 e. The van der Waals surface area contributed by atoms with E-state index in [0.717, 1.165) is 5.76 Å². The van der Waals surface area contributed by atoms with Crippen molar-refractivity contribution in [1.29, 1.82) is 0 Å². The summed E-state index contributed by atoms with van der Waals surface area (Å²) in [5.41, 5.74) is 0. The van der Waals surface area contributed by atoms with Gasteiger partial charge in [-0.25, -0.2) is 9.98 Å². The van der Waals surface area contributed by atoms with Gasteiger partial charge in [-0.1, -0.05) is 12.1 Å². The first-order valence-electron chi connectivity index (χ1n) is 7.19. The van der Waals surface area contributed by atoms with Gasteiger partial charge in [-0.05, 0) is 55.1 Å². The van der Waals surface area contributed by atoms with Crippen LogP contribution in [0.25, 0.3) is 6.08 Å². The number of thioether (sulfide) groups is 1. The Hall–Kier alpha value is -2.60. The summed E-state index contributed by atoms with van der Waals surface area (Å²) < 4.78 is 5.22. The van der Waals surface area contributed by atoms with Crippen molar-refractivity contribution in [3.05, 3.63) is 65.6 Å². The fourth-order valence-electron chi connectivity index (χ4n) is 2.02. The highest BCUT2D eigenvalue weighted by molar-refractivity contribution is 8.18. The molecule has 0 bridgehead atoms. The molecular weight excluding hydrogens is 310 g/mol. The number of hydrogen-bond acceptors (Lipinski definition) is 5. The molecule has 3 heterocycles. The van der Waals surface area contributed by atoms with Crippen molar-refractivity contribution >= 4 is 34.7 Å². The van der Waals surface area contributed by atoms with Gasteiger partial charge in [-0.2, -0.15) is 0 Å². The standard InChI is InChI=1S/C17H15N3O2S/c1-2-20-16(21)14(9-5-7-13-8-6-12-22-13)23-17(20)19-15-10-3-4-11-18-15/h3-12H,2H2,1H3/b7-5+,14-9+,19-17+. The Kier molecular flexibility index (Phi) is 4.73. The van der Waals surface area contributed by atoms with Crippen molar-refractivity contribution in [1.82, 2.24) is 9.88 Å². The molecule has 1 aliphatic rings. The summed E-state index contributed by atoms with van der Waals surface area (Å²) in [5, 5.41) is 0.647. The molecule has 1 fully saturated rings. The van der Waals surface area contributed by atoms with Gasteiger partial charge in [0, 0.05) is 12.7 Å². The summed E-state index contributed by atoms with van der Waals surface area (Å²) >= 11 is 1.35. The lowest BCUT2D eigenvalue weighted by Crippen LogP contribution is -2.28. The van der Waals surface area contributed by atoms with Crippen LogP contribution in [0.15, 0.2) is 69.3 Å². The molecule has 2 aromatic heterocycles. The molecule has 3 rings (SSSR count). The number of likely N-dealkylation sites (N-methyl/N-ethyl adjacent to an activating group) is 1. The highest BCUT2D eigenvalue weighted by Gasteiger charge is 2.31. The molecule has 0 saturated carbocycles. The van der Waals surface area contributed by atoms with Crippen LogP contribution >= 0.6 is 11.8 Å². The Morgan fingerprint density at radius 3 is 2.96 bits per heavy atom. The molecule has 6 heteroatoms. The van der Waals surface area contributed by atoms with E-state index in [-0.39, 0.29) is 5.91 Å². The minimum Gasteiger partial charge on any atom is -0.465 e. The van der Waals surface area contributed by atoms with Crippen LogP contribution in [-0.4, -0.2) is 27.5 Å². The van der Waals surface area contributed by atoms with Gasteiger partial charge in [0.05, 0.1) is 11.2 Å². The second-order valence-corrected chi connectivity index (χ2v) is 5.65. The summed E-state index contributed by atoms with van der Waals surface area (Å²) in [6.45, 7) is 2.49. The second kappa shape index (κ2) is 7.11. The van der Waals surface area contributed by atoms with Gasteiger partial charge in [0.25, 0.3) is 5.91 Å². The second-order valence-electron chi connectivity index (χ2n) is 4.64. The van der Waals surface area contributed by atoms with Gasteiger partial charge < -0.3 is 4.42 Å². The molecule has 23 heavy (non-hydrogen) atoms. The van der Waals surface area contributed by atoms with Crippen LogP contribution in [0.5, 0.6) is 0 Å². The lowest BCUT2D eigenvalue weighted by molar-refractivity contribution is -0.122. The van der Waals surface area contributed by atoms with Crippen LogP contribution in [0, 0.1) is 0 Å². The van der Waals surface area contributed by atoms with Gasteiger partial charge in [0.2, 0.25) is 0 Å². The van der Waals surface area contributed by atoms with E-state index < -0.39 is 0 Å². The van der Waals surface area contributed by atoms with Crippen molar-refractivity contribution < 1.29 is 9.21 Å². The number of aliphatic imine (C=N–C) groups is 1. The molecule has 0 aliphatic carbocycles. The summed E-state index contributed by atoms with van der Waals surface area (Å²) in [6.07, 6.45) is 8.68. The highest BCUT2D eigenvalue weighted by atomic mass is 32.2. The SMILES string of the molecule is CCN1C(=O)/C(=C\C=C\c2ccco2)S/C1=N/c1ccccn1. The lowest BCUT2D eigenvalue weighted by atomic mass is 10.3. The zero-order valence-electron chi connectivity index (χ0n) is 12.5. The number of carbonyl (C=O) groups is 1. The quantitative estimate of drug-likeness (QED) is 0.801.